The van der Waals surface area contributed by atoms with Gasteiger partial charge in [-0.2, -0.15) is 0 Å². The zero-order valence-corrected chi connectivity index (χ0v) is 10.3. The minimum absolute atomic E-state index is 0.180. The summed E-state index contributed by atoms with van der Waals surface area (Å²) in [6, 6.07) is 9.85. The average Bonchev–Trinajstić information content (AvgIpc) is 3.18. The summed E-state index contributed by atoms with van der Waals surface area (Å²) in [5.41, 5.74) is -0.00544. The van der Waals surface area contributed by atoms with E-state index in [0.29, 0.717) is 19.4 Å². The summed E-state index contributed by atoms with van der Waals surface area (Å²) in [7, 11) is 0. The fourth-order valence-electron chi connectivity index (χ4n) is 1.98. The second kappa shape index (κ2) is 4.80. The fourth-order valence-corrected chi connectivity index (χ4v) is 1.98. The van der Waals surface area contributed by atoms with Gasteiger partial charge >= 0.3 is 5.97 Å². The molecule has 1 atom stereocenters. The molecule has 1 amide bonds. The Balaban J connectivity index is 1.89. The van der Waals surface area contributed by atoms with E-state index in [1.807, 2.05) is 37.3 Å². The molecule has 0 spiro atoms. The molecular weight excluding hydrogens is 230 g/mol. The number of aliphatic carboxylic acids is 1. The molecule has 1 unspecified atom stereocenters. The highest BCUT2D eigenvalue weighted by molar-refractivity contribution is 6.04. The van der Waals surface area contributed by atoms with E-state index >= 15 is 0 Å². The molecule has 0 aromatic heterocycles. The molecule has 1 saturated carbocycles. The molecule has 1 aromatic carbocycles. The van der Waals surface area contributed by atoms with Crippen LogP contribution >= 0.6 is 0 Å². The van der Waals surface area contributed by atoms with Gasteiger partial charge in [0.15, 0.2) is 0 Å². The maximum Gasteiger partial charge on any atom is 0.319 e. The molecule has 1 fully saturated rings. The molecule has 0 saturated heterocycles. The zero-order chi connectivity index (χ0) is 13.2. The standard InChI is InChI=1S/C14H17NO3/c1-10(11-5-3-2-4-6-11)9-15-12(16)14(7-8-14)13(17)18/h2-6,10H,7-9H2,1H3,(H,15,16)(H,17,18). The first-order chi connectivity index (χ1) is 8.56. The first kappa shape index (κ1) is 12.6. The summed E-state index contributed by atoms with van der Waals surface area (Å²) in [4.78, 5) is 22.8. The quantitative estimate of drug-likeness (QED) is 0.779. The predicted molar refractivity (Wildman–Crippen MR) is 67.2 cm³/mol. The van der Waals surface area contributed by atoms with Gasteiger partial charge < -0.3 is 10.4 Å². The van der Waals surface area contributed by atoms with Crippen LogP contribution in [0.15, 0.2) is 30.3 Å². The Bertz CT molecular complexity index is 451. The van der Waals surface area contributed by atoms with Crippen LogP contribution in [0.3, 0.4) is 0 Å². The summed E-state index contributed by atoms with van der Waals surface area (Å²) in [5, 5.41) is 11.7. The molecule has 96 valence electrons. The number of hydrogen-bond donors (Lipinski definition) is 2. The van der Waals surface area contributed by atoms with Gasteiger partial charge in [-0.05, 0) is 24.3 Å². The molecule has 1 aromatic rings. The van der Waals surface area contributed by atoms with E-state index in [1.165, 1.54) is 0 Å². The number of carboxylic acids is 1. The van der Waals surface area contributed by atoms with Crippen molar-refractivity contribution < 1.29 is 14.7 Å². The summed E-state index contributed by atoms with van der Waals surface area (Å²) in [6.45, 7) is 2.48. The molecule has 1 aliphatic rings. The Morgan fingerprint density at radius 2 is 1.94 bits per heavy atom. The smallest absolute Gasteiger partial charge is 0.319 e. The van der Waals surface area contributed by atoms with Crippen LogP contribution in [-0.2, 0) is 9.59 Å². The summed E-state index contributed by atoms with van der Waals surface area (Å²) in [5.74, 6) is -1.18. The molecule has 0 radical (unpaired) electrons. The second-order valence-corrected chi connectivity index (χ2v) is 4.91. The number of nitrogens with one attached hydrogen (secondary N) is 1. The van der Waals surface area contributed by atoms with Crippen LogP contribution in [0.4, 0.5) is 0 Å². The van der Waals surface area contributed by atoms with Crippen molar-refractivity contribution in [3.8, 4) is 0 Å². The van der Waals surface area contributed by atoms with Crippen LogP contribution in [0.25, 0.3) is 0 Å². The lowest BCUT2D eigenvalue weighted by atomic mass is 10.0. The van der Waals surface area contributed by atoms with Crippen LogP contribution < -0.4 is 5.32 Å². The number of carboxylic acid groups (broad SMARTS) is 1. The van der Waals surface area contributed by atoms with E-state index in [9.17, 15) is 9.59 Å². The lowest BCUT2D eigenvalue weighted by Crippen LogP contribution is -2.38. The van der Waals surface area contributed by atoms with E-state index < -0.39 is 11.4 Å². The Morgan fingerprint density at radius 1 is 1.33 bits per heavy atom. The molecule has 0 heterocycles. The minimum atomic E-state index is -1.14. The number of benzene rings is 1. The molecule has 2 N–H and O–H groups in total. The number of rotatable bonds is 5. The number of hydrogen-bond acceptors (Lipinski definition) is 2. The minimum Gasteiger partial charge on any atom is -0.480 e. The van der Waals surface area contributed by atoms with Gasteiger partial charge in [-0.1, -0.05) is 37.3 Å². The Morgan fingerprint density at radius 3 is 2.44 bits per heavy atom. The zero-order valence-electron chi connectivity index (χ0n) is 10.3. The fraction of sp³-hybridized carbons (Fsp3) is 0.429. The van der Waals surface area contributed by atoms with E-state index in [2.05, 4.69) is 5.32 Å². The molecule has 4 nitrogen and oxygen atoms in total. The highest BCUT2D eigenvalue weighted by atomic mass is 16.4. The molecular formula is C14H17NO3. The van der Waals surface area contributed by atoms with Crippen molar-refractivity contribution in [2.45, 2.75) is 25.7 Å². The highest BCUT2D eigenvalue weighted by Gasteiger charge is 2.56. The summed E-state index contributed by atoms with van der Waals surface area (Å²) < 4.78 is 0. The topological polar surface area (TPSA) is 66.4 Å². The molecule has 0 bridgehead atoms. The Labute approximate surface area is 106 Å². The van der Waals surface area contributed by atoms with Gasteiger partial charge in [-0.25, -0.2) is 0 Å². The van der Waals surface area contributed by atoms with Crippen molar-refractivity contribution in [2.75, 3.05) is 6.54 Å². The number of carbonyl (C=O) groups is 2. The lowest BCUT2D eigenvalue weighted by molar-refractivity contribution is -0.149. The van der Waals surface area contributed by atoms with Crippen LogP contribution in [0.2, 0.25) is 0 Å². The average molecular weight is 247 g/mol. The van der Waals surface area contributed by atoms with E-state index in [0.717, 1.165) is 5.56 Å². The van der Waals surface area contributed by atoms with Crippen LogP contribution in [0, 0.1) is 5.41 Å². The van der Waals surface area contributed by atoms with Gasteiger partial charge in [0.2, 0.25) is 5.91 Å². The van der Waals surface area contributed by atoms with Gasteiger partial charge in [-0.3, -0.25) is 9.59 Å². The maximum atomic E-state index is 11.8. The molecule has 4 heteroatoms. The van der Waals surface area contributed by atoms with Crippen molar-refractivity contribution in [2.24, 2.45) is 5.41 Å². The van der Waals surface area contributed by atoms with E-state index in [-0.39, 0.29) is 11.8 Å². The third-order valence-corrected chi connectivity index (χ3v) is 3.53. The molecule has 2 rings (SSSR count). The van der Waals surface area contributed by atoms with E-state index in [1.54, 1.807) is 0 Å². The highest BCUT2D eigenvalue weighted by Crippen LogP contribution is 2.46. The Hall–Kier alpha value is -1.84. The third kappa shape index (κ3) is 2.37. The summed E-state index contributed by atoms with van der Waals surface area (Å²) in [6.07, 6.45) is 0.905. The van der Waals surface area contributed by atoms with Crippen molar-refractivity contribution in [1.29, 1.82) is 0 Å². The van der Waals surface area contributed by atoms with Crippen molar-refractivity contribution in [3.05, 3.63) is 35.9 Å². The van der Waals surface area contributed by atoms with Gasteiger partial charge in [0.05, 0.1) is 0 Å². The SMILES string of the molecule is CC(CNC(=O)C1(C(=O)O)CC1)c1ccccc1. The Kier molecular flexibility index (Phi) is 3.36. The molecule has 1 aliphatic carbocycles. The molecule has 0 aliphatic heterocycles. The number of carbonyl (C=O) groups excluding carboxylic acids is 1. The van der Waals surface area contributed by atoms with Crippen molar-refractivity contribution in [1.82, 2.24) is 5.32 Å². The second-order valence-electron chi connectivity index (χ2n) is 4.91. The first-order valence-electron chi connectivity index (χ1n) is 6.13. The summed E-state index contributed by atoms with van der Waals surface area (Å²) >= 11 is 0. The van der Waals surface area contributed by atoms with Crippen LogP contribution in [-0.4, -0.2) is 23.5 Å². The van der Waals surface area contributed by atoms with Crippen LogP contribution in [0.5, 0.6) is 0 Å². The van der Waals surface area contributed by atoms with Crippen molar-refractivity contribution >= 4 is 11.9 Å². The van der Waals surface area contributed by atoms with Gasteiger partial charge in [0, 0.05) is 6.54 Å². The van der Waals surface area contributed by atoms with Crippen LogP contribution in [0.1, 0.15) is 31.2 Å². The van der Waals surface area contributed by atoms with E-state index in [4.69, 9.17) is 5.11 Å². The third-order valence-electron chi connectivity index (χ3n) is 3.53. The van der Waals surface area contributed by atoms with Gasteiger partial charge in [0.1, 0.15) is 5.41 Å². The largest absolute Gasteiger partial charge is 0.480 e. The maximum absolute atomic E-state index is 11.8. The first-order valence-corrected chi connectivity index (χ1v) is 6.13. The van der Waals surface area contributed by atoms with Crippen molar-refractivity contribution in [3.63, 3.8) is 0 Å². The van der Waals surface area contributed by atoms with Gasteiger partial charge in [0.25, 0.3) is 0 Å². The normalized spacial score (nSPS) is 17.8. The lowest BCUT2D eigenvalue weighted by Gasteiger charge is -2.15. The number of amides is 1. The molecule has 18 heavy (non-hydrogen) atoms. The predicted octanol–water partition coefficient (Wildman–Crippen LogP) is 1.77. The monoisotopic (exact) mass is 247 g/mol. The van der Waals surface area contributed by atoms with Gasteiger partial charge in [-0.15, -0.1) is 0 Å².